The molecule has 0 unspecified atom stereocenters. The van der Waals surface area contributed by atoms with Gasteiger partial charge in [-0.1, -0.05) is 29.8 Å². The van der Waals surface area contributed by atoms with Crippen molar-refractivity contribution in [1.29, 1.82) is 0 Å². The number of carbonyl (C=O) groups is 2. The number of ketones is 1. The lowest BCUT2D eigenvalue weighted by Crippen LogP contribution is -2.38. The smallest absolute Gasteiger partial charge is 0.225 e. The van der Waals surface area contributed by atoms with E-state index in [1.54, 1.807) is 6.07 Å². The molecule has 17 heavy (non-hydrogen) atoms. The first-order chi connectivity index (χ1) is 8.16. The van der Waals surface area contributed by atoms with Crippen LogP contribution in [-0.4, -0.2) is 17.7 Å². The Morgan fingerprint density at radius 3 is 2.82 bits per heavy atom. The zero-order chi connectivity index (χ0) is 12.3. The Hall–Kier alpha value is -1.35. The second-order valence-corrected chi connectivity index (χ2v) is 4.65. The van der Waals surface area contributed by atoms with E-state index < -0.39 is 0 Å². The van der Waals surface area contributed by atoms with Gasteiger partial charge in [0.25, 0.3) is 0 Å². The molecule has 4 heteroatoms. The Morgan fingerprint density at radius 2 is 2.18 bits per heavy atom. The monoisotopic (exact) mass is 251 g/mol. The van der Waals surface area contributed by atoms with Crippen LogP contribution in [0.4, 0.5) is 0 Å². The Labute approximate surface area is 105 Å². The molecule has 0 bridgehead atoms. The van der Waals surface area contributed by atoms with Crippen LogP contribution in [0.2, 0.25) is 5.02 Å². The Morgan fingerprint density at radius 1 is 1.41 bits per heavy atom. The summed E-state index contributed by atoms with van der Waals surface area (Å²) in [6.45, 7) is 0. The van der Waals surface area contributed by atoms with Crippen molar-refractivity contribution in [3.05, 3.63) is 34.9 Å². The van der Waals surface area contributed by atoms with Crippen LogP contribution in [0.5, 0.6) is 0 Å². The van der Waals surface area contributed by atoms with E-state index in [0.717, 1.165) is 18.4 Å². The summed E-state index contributed by atoms with van der Waals surface area (Å²) in [6.07, 6.45) is 2.43. The number of hydrogen-bond acceptors (Lipinski definition) is 2. The summed E-state index contributed by atoms with van der Waals surface area (Å²) in [5, 5.41) is 3.34. The minimum Gasteiger partial charge on any atom is -0.346 e. The third-order valence-corrected chi connectivity index (χ3v) is 3.32. The molecule has 2 rings (SSSR count). The third-order valence-electron chi connectivity index (χ3n) is 2.95. The normalized spacial score (nSPS) is 19.4. The maximum Gasteiger partial charge on any atom is 0.225 e. The first-order valence-corrected chi connectivity index (χ1v) is 6.10. The number of nitrogens with one attached hydrogen (secondary N) is 1. The number of halogens is 1. The number of rotatable bonds is 3. The zero-order valence-electron chi connectivity index (χ0n) is 9.41. The standard InChI is InChI=1S/C13H14ClNO2/c14-10-5-2-1-4-9(10)8-13(17)15-11-6-3-7-12(11)16/h1-2,4-5,11H,3,6-8H2,(H,15,17)/t11-/m1/s1. The number of carbonyl (C=O) groups excluding carboxylic acids is 2. The fraction of sp³-hybridized carbons (Fsp3) is 0.385. The van der Waals surface area contributed by atoms with E-state index in [9.17, 15) is 9.59 Å². The molecule has 0 heterocycles. The molecule has 1 N–H and O–H groups in total. The molecule has 0 aromatic heterocycles. The van der Waals surface area contributed by atoms with Gasteiger partial charge in [0.15, 0.2) is 5.78 Å². The average molecular weight is 252 g/mol. The summed E-state index contributed by atoms with van der Waals surface area (Å²) in [7, 11) is 0. The highest BCUT2D eigenvalue weighted by atomic mass is 35.5. The topological polar surface area (TPSA) is 46.2 Å². The Balaban J connectivity index is 1.93. The van der Waals surface area contributed by atoms with Gasteiger partial charge in [0.2, 0.25) is 5.91 Å². The zero-order valence-corrected chi connectivity index (χ0v) is 10.2. The summed E-state index contributed by atoms with van der Waals surface area (Å²) >= 11 is 5.97. The van der Waals surface area contributed by atoms with Crippen LogP contribution in [-0.2, 0) is 16.0 Å². The van der Waals surface area contributed by atoms with Crippen LogP contribution in [0, 0.1) is 0 Å². The van der Waals surface area contributed by atoms with Crippen LogP contribution >= 0.6 is 11.6 Å². The SMILES string of the molecule is O=C(Cc1ccccc1Cl)N[C@@H]1CCCC1=O. The third kappa shape index (κ3) is 3.07. The minimum atomic E-state index is -0.287. The molecule has 1 aliphatic carbocycles. The molecular formula is C13H14ClNO2. The van der Waals surface area contributed by atoms with E-state index in [2.05, 4.69) is 5.32 Å². The minimum absolute atomic E-state index is 0.137. The van der Waals surface area contributed by atoms with E-state index in [0.29, 0.717) is 11.4 Å². The molecule has 0 radical (unpaired) electrons. The van der Waals surface area contributed by atoms with Crippen LogP contribution in [0.1, 0.15) is 24.8 Å². The summed E-state index contributed by atoms with van der Waals surface area (Å²) in [5.74, 6) is -0.00383. The van der Waals surface area contributed by atoms with Crippen LogP contribution in [0.15, 0.2) is 24.3 Å². The van der Waals surface area contributed by atoms with Gasteiger partial charge in [-0.15, -0.1) is 0 Å². The number of hydrogen-bond donors (Lipinski definition) is 1. The summed E-state index contributed by atoms with van der Waals surface area (Å²) < 4.78 is 0. The second kappa shape index (κ2) is 5.32. The van der Waals surface area contributed by atoms with Crippen LogP contribution in [0.25, 0.3) is 0 Å². The van der Waals surface area contributed by atoms with Crippen LogP contribution in [0.3, 0.4) is 0 Å². The van der Waals surface area contributed by atoms with Crippen molar-refractivity contribution >= 4 is 23.3 Å². The van der Waals surface area contributed by atoms with E-state index >= 15 is 0 Å². The van der Waals surface area contributed by atoms with Crippen molar-refractivity contribution in [2.75, 3.05) is 0 Å². The van der Waals surface area contributed by atoms with Gasteiger partial charge in [0.05, 0.1) is 12.5 Å². The molecule has 90 valence electrons. The molecule has 0 aliphatic heterocycles. The number of benzene rings is 1. The molecule has 0 spiro atoms. The van der Waals surface area contributed by atoms with Gasteiger partial charge in [0.1, 0.15) is 0 Å². The van der Waals surface area contributed by atoms with E-state index in [1.165, 1.54) is 0 Å². The van der Waals surface area contributed by atoms with Crippen molar-refractivity contribution < 1.29 is 9.59 Å². The predicted molar refractivity (Wildman–Crippen MR) is 65.9 cm³/mol. The van der Waals surface area contributed by atoms with E-state index in [1.807, 2.05) is 18.2 Å². The highest BCUT2D eigenvalue weighted by Crippen LogP contribution is 2.17. The summed E-state index contributed by atoms with van der Waals surface area (Å²) in [4.78, 5) is 23.1. The molecular weight excluding hydrogens is 238 g/mol. The van der Waals surface area contributed by atoms with Gasteiger partial charge >= 0.3 is 0 Å². The average Bonchev–Trinajstić information content (AvgIpc) is 2.68. The maximum atomic E-state index is 11.7. The van der Waals surface area contributed by atoms with Gasteiger partial charge < -0.3 is 5.32 Å². The molecule has 3 nitrogen and oxygen atoms in total. The number of amides is 1. The lowest BCUT2D eigenvalue weighted by atomic mass is 10.1. The molecule has 1 amide bonds. The first-order valence-electron chi connectivity index (χ1n) is 5.72. The largest absolute Gasteiger partial charge is 0.346 e. The molecule has 1 aromatic carbocycles. The van der Waals surface area contributed by atoms with Crippen molar-refractivity contribution in [1.82, 2.24) is 5.32 Å². The second-order valence-electron chi connectivity index (χ2n) is 4.25. The quantitative estimate of drug-likeness (QED) is 0.895. The highest BCUT2D eigenvalue weighted by molar-refractivity contribution is 6.31. The van der Waals surface area contributed by atoms with Gasteiger partial charge in [-0.3, -0.25) is 9.59 Å². The molecule has 1 aliphatic rings. The van der Waals surface area contributed by atoms with Crippen molar-refractivity contribution in [2.24, 2.45) is 0 Å². The fourth-order valence-corrected chi connectivity index (χ4v) is 2.23. The van der Waals surface area contributed by atoms with E-state index in [-0.39, 0.29) is 24.2 Å². The molecule has 1 atom stereocenters. The van der Waals surface area contributed by atoms with Crippen LogP contribution < -0.4 is 5.32 Å². The fourth-order valence-electron chi connectivity index (χ4n) is 2.03. The molecule has 0 saturated heterocycles. The lowest BCUT2D eigenvalue weighted by Gasteiger charge is -2.11. The lowest BCUT2D eigenvalue weighted by molar-refractivity contribution is -0.126. The predicted octanol–water partition coefficient (Wildman–Crippen LogP) is 2.12. The Bertz CT molecular complexity index is 445. The van der Waals surface area contributed by atoms with Gasteiger partial charge in [-0.05, 0) is 24.5 Å². The summed E-state index contributed by atoms with van der Waals surface area (Å²) in [6, 6.07) is 6.95. The maximum absolute atomic E-state index is 11.7. The summed E-state index contributed by atoms with van der Waals surface area (Å²) in [5.41, 5.74) is 0.789. The van der Waals surface area contributed by atoms with Gasteiger partial charge in [0, 0.05) is 11.4 Å². The highest BCUT2D eigenvalue weighted by Gasteiger charge is 2.25. The first kappa shape index (κ1) is 12.1. The number of Topliss-reactive ketones (excluding diaryl/α,β-unsaturated/α-hetero) is 1. The van der Waals surface area contributed by atoms with Gasteiger partial charge in [-0.2, -0.15) is 0 Å². The molecule has 1 saturated carbocycles. The van der Waals surface area contributed by atoms with E-state index in [4.69, 9.17) is 11.6 Å². The Kier molecular flexibility index (Phi) is 3.79. The van der Waals surface area contributed by atoms with Crippen molar-refractivity contribution in [2.45, 2.75) is 31.7 Å². The van der Waals surface area contributed by atoms with Gasteiger partial charge in [-0.25, -0.2) is 0 Å². The molecule has 1 aromatic rings. The van der Waals surface area contributed by atoms with Crippen molar-refractivity contribution in [3.63, 3.8) is 0 Å². The molecule has 1 fully saturated rings. The van der Waals surface area contributed by atoms with Crippen molar-refractivity contribution in [3.8, 4) is 0 Å².